The van der Waals surface area contributed by atoms with Gasteiger partial charge in [0.25, 0.3) is 0 Å². The minimum Gasteiger partial charge on any atom is -0.469 e. The number of benzene rings is 1. The number of nitrogens with one attached hydrogen (secondary N) is 7. The van der Waals surface area contributed by atoms with E-state index in [0.29, 0.717) is 0 Å². The average molecular weight is 685 g/mol. The van der Waals surface area contributed by atoms with Gasteiger partial charge in [-0.1, -0.05) is 30.3 Å². The van der Waals surface area contributed by atoms with E-state index in [-0.39, 0.29) is 73.2 Å². The number of hydrogen-bond acceptors (Lipinski definition) is 13. The highest BCUT2D eigenvalue weighted by Gasteiger charge is 2.11. The Hall–Kier alpha value is -5.79. The van der Waals surface area contributed by atoms with E-state index in [1.54, 1.807) is 24.3 Å². The van der Waals surface area contributed by atoms with E-state index in [9.17, 15) is 43.2 Å². The molecule has 0 heterocycles. The van der Waals surface area contributed by atoms with E-state index in [1.807, 2.05) is 6.07 Å². The van der Waals surface area contributed by atoms with E-state index in [2.05, 4.69) is 46.7 Å². The lowest BCUT2D eigenvalue weighted by Crippen LogP contribution is -2.44. The number of carbonyl (C=O) groups excluding carboxylic acids is 9. The highest BCUT2D eigenvalue weighted by Crippen LogP contribution is 2.00. The van der Waals surface area contributed by atoms with Crippen LogP contribution in [0.2, 0.25) is 0 Å². The Morgan fingerprint density at radius 1 is 0.562 bits per heavy atom. The quantitative estimate of drug-likeness (QED) is 0.0509. The Bertz CT molecular complexity index is 1240. The predicted molar refractivity (Wildman–Crippen MR) is 167 cm³/mol. The molecule has 0 radical (unpaired) electrons. The molecule has 1 aromatic rings. The number of ether oxygens (including phenoxy) is 3. The molecule has 20 heteroatoms. The zero-order chi connectivity index (χ0) is 36.2. The van der Waals surface area contributed by atoms with Crippen LogP contribution in [0.3, 0.4) is 0 Å². The second kappa shape index (κ2) is 26.4. The van der Waals surface area contributed by atoms with E-state index >= 15 is 0 Å². The Morgan fingerprint density at radius 3 is 1.33 bits per heavy atom. The van der Waals surface area contributed by atoms with E-state index < -0.39 is 53.5 Å². The van der Waals surface area contributed by atoms with Crippen LogP contribution in [0.5, 0.6) is 0 Å². The van der Waals surface area contributed by atoms with Crippen LogP contribution in [0.1, 0.15) is 19.8 Å². The number of methoxy groups -OCH3 is 2. The first kappa shape index (κ1) is 42.2. The van der Waals surface area contributed by atoms with Crippen molar-refractivity contribution in [1.29, 1.82) is 0 Å². The fraction of sp³-hybridized carbons (Fsp3) is 0.464. The van der Waals surface area contributed by atoms with E-state index in [4.69, 9.17) is 10.5 Å². The van der Waals surface area contributed by atoms with Crippen LogP contribution >= 0.6 is 0 Å². The molecule has 0 aliphatic rings. The van der Waals surface area contributed by atoms with Crippen molar-refractivity contribution >= 4 is 53.5 Å². The van der Waals surface area contributed by atoms with Gasteiger partial charge in [-0.05, 0) is 5.56 Å². The Morgan fingerprint density at radius 2 is 0.938 bits per heavy atom. The van der Waals surface area contributed by atoms with Gasteiger partial charge in [0.2, 0.25) is 35.4 Å². The first-order valence-electron chi connectivity index (χ1n) is 14.3. The van der Waals surface area contributed by atoms with Crippen LogP contribution in [0.25, 0.3) is 0 Å². The summed E-state index contributed by atoms with van der Waals surface area (Å²) < 4.78 is 13.7. The van der Waals surface area contributed by atoms with E-state index in [1.165, 1.54) is 14.2 Å². The summed E-state index contributed by atoms with van der Waals surface area (Å²) in [5.74, 6) is -3.99. The lowest BCUT2D eigenvalue weighted by Gasteiger charge is -2.09. The topological polar surface area (TPSA) is 292 Å². The molecule has 7 amide bonds. The van der Waals surface area contributed by atoms with Crippen LogP contribution in [0.4, 0.5) is 4.79 Å². The number of alkyl carbamates (subject to hydrolysis) is 1. The maximum absolute atomic E-state index is 11.6. The monoisotopic (exact) mass is 684 g/mol. The van der Waals surface area contributed by atoms with Crippen LogP contribution in [0.15, 0.2) is 30.3 Å². The Kier molecular flexibility index (Phi) is 23.2. The number of rotatable bonds is 19. The van der Waals surface area contributed by atoms with Crippen molar-refractivity contribution in [1.82, 2.24) is 37.2 Å². The number of nitrogens with two attached hydrogens (primary N) is 1. The predicted octanol–water partition coefficient (Wildman–Crippen LogP) is -4.07. The van der Waals surface area contributed by atoms with Gasteiger partial charge < -0.3 is 57.2 Å². The van der Waals surface area contributed by atoms with Crippen LogP contribution in [-0.4, -0.2) is 120 Å². The number of carbonyl (C=O) groups is 9. The van der Waals surface area contributed by atoms with Crippen molar-refractivity contribution in [3.05, 3.63) is 35.9 Å². The van der Waals surface area contributed by atoms with Gasteiger partial charge in [-0.2, -0.15) is 0 Å². The highest BCUT2D eigenvalue weighted by atomic mass is 16.5. The zero-order valence-corrected chi connectivity index (χ0v) is 26.6. The van der Waals surface area contributed by atoms with Crippen molar-refractivity contribution in [3.63, 3.8) is 0 Å². The molecule has 20 nitrogen and oxygen atoms in total. The summed E-state index contributed by atoms with van der Waals surface area (Å²) >= 11 is 0. The molecule has 0 spiro atoms. The van der Waals surface area contributed by atoms with Gasteiger partial charge in [-0.3, -0.25) is 38.4 Å². The summed E-state index contributed by atoms with van der Waals surface area (Å²) in [6.07, 6.45) is -0.687. The van der Waals surface area contributed by atoms with Crippen LogP contribution < -0.4 is 43.0 Å². The molecule has 0 saturated heterocycles. The van der Waals surface area contributed by atoms with Gasteiger partial charge in [0.05, 0.1) is 59.8 Å². The number of hydrogen-bond donors (Lipinski definition) is 8. The molecule has 1 rings (SSSR count). The van der Waals surface area contributed by atoms with Gasteiger partial charge >= 0.3 is 18.0 Å². The van der Waals surface area contributed by atoms with E-state index in [0.717, 1.165) is 5.56 Å². The lowest BCUT2D eigenvalue weighted by atomic mass is 10.2. The summed E-state index contributed by atoms with van der Waals surface area (Å²) in [6, 6.07) is 9.03. The van der Waals surface area contributed by atoms with Gasteiger partial charge in [-0.15, -0.1) is 0 Å². The molecule has 9 N–H and O–H groups in total. The maximum Gasteiger partial charge on any atom is 0.407 e. The molecule has 0 aliphatic carbocycles. The zero-order valence-electron chi connectivity index (χ0n) is 26.6. The SMILES string of the molecule is COC(=O)CCNC(=O)CNC(=O)CNC(=O)CN.COC(=O)CCNC(=O)CNC(=O)CNC(=O)CNC(=O)OCc1ccccc1.[HH]. The van der Waals surface area contributed by atoms with Crippen LogP contribution in [-0.2, 0) is 59.2 Å². The molecular formula is C28H44N8O12. The van der Waals surface area contributed by atoms with Crippen molar-refractivity contribution in [2.75, 3.05) is 66.6 Å². The minimum absolute atomic E-state index is 0. The van der Waals surface area contributed by atoms with Gasteiger partial charge in [0, 0.05) is 14.5 Å². The summed E-state index contributed by atoms with van der Waals surface area (Å²) in [5.41, 5.74) is 5.83. The summed E-state index contributed by atoms with van der Waals surface area (Å²) in [7, 11) is 2.49. The van der Waals surface area contributed by atoms with Crippen molar-refractivity contribution in [2.45, 2.75) is 19.4 Å². The lowest BCUT2D eigenvalue weighted by molar-refractivity contribution is -0.141. The second-order valence-electron chi connectivity index (χ2n) is 9.08. The molecule has 0 atom stereocenters. The summed E-state index contributed by atoms with van der Waals surface area (Å²) in [6.45, 7) is -1.44. The number of amides is 7. The number of esters is 2. The highest BCUT2D eigenvalue weighted by molar-refractivity contribution is 5.90. The third kappa shape index (κ3) is 24.5. The minimum atomic E-state index is -0.767. The first-order chi connectivity index (χ1) is 22.9. The average Bonchev–Trinajstić information content (AvgIpc) is 3.09. The molecule has 0 saturated carbocycles. The third-order valence-corrected chi connectivity index (χ3v) is 5.33. The molecule has 0 unspecified atom stereocenters. The van der Waals surface area contributed by atoms with Gasteiger partial charge in [0.1, 0.15) is 13.2 Å². The van der Waals surface area contributed by atoms with Gasteiger partial charge in [-0.25, -0.2) is 4.79 Å². The Balaban J connectivity index is 0. The van der Waals surface area contributed by atoms with Crippen molar-refractivity contribution in [2.24, 2.45) is 5.73 Å². The maximum atomic E-state index is 11.6. The third-order valence-electron chi connectivity index (χ3n) is 5.33. The van der Waals surface area contributed by atoms with Gasteiger partial charge in [0.15, 0.2) is 0 Å². The molecule has 0 aliphatic heterocycles. The summed E-state index contributed by atoms with van der Waals surface area (Å²) in [4.78, 5) is 101. The molecule has 0 bridgehead atoms. The first-order valence-corrected chi connectivity index (χ1v) is 14.3. The smallest absolute Gasteiger partial charge is 0.407 e. The fourth-order valence-electron chi connectivity index (χ4n) is 2.84. The molecule has 1 aromatic carbocycles. The Labute approximate surface area is 277 Å². The molecular weight excluding hydrogens is 640 g/mol. The normalized spacial score (nSPS) is 9.56. The van der Waals surface area contributed by atoms with Crippen molar-refractivity contribution < 1.29 is 58.8 Å². The molecule has 48 heavy (non-hydrogen) atoms. The fourth-order valence-corrected chi connectivity index (χ4v) is 2.84. The summed E-state index contributed by atoms with van der Waals surface area (Å²) in [5, 5.41) is 16.2. The molecule has 0 aromatic heterocycles. The molecule has 268 valence electrons. The second-order valence-corrected chi connectivity index (χ2v) is 9.08. The standard InChI is InChI=1S/C18H24N4O7.C10H18N4O5.H2/c1-28-17(26)7-8-19-14(23)9-20-15(24)10-21-16(25)11-22-18(27)29-12-13-5-3-2-4-6-13;1-19-10(18)2-3-12-8(16)5-14-9(17)6-13-7(15)4-11;/h2-6H,7-12H2,1H3,(H,19,23)(H,20,24)(H,21,25)(H,22,27);2-6,11H2,1H3,(H,12,16)(H,13,15)(H,14,17);1H. The molecule has 0 fully saturated rings. The largest absolute Gasteiger partial charge is 0.469 e. The van der Waals surface area contributed by atoms with Crippen LogP contribution in [0, 0.1) is 0 Å². The van der Waals surface area contributed by atoms with Crippen molar-refractivity contribution in [3.8, 4) is 0 Å².